The second kappa shape index (κ2) is 7.11. The van der Waals surface area contributed by atoms with E-state index in [-0.39, 0.29) is 17.9 Å². The number of amides is 1. The topological polar surface area (TPSA) is 111 Å². The Labute approximate surface area is 118 Å². The SMILES string of the molecule is CCOc1c(N)cccc1C(=O)NCCS(=O)(=O)NC. The number of anilines is 1. The van der Waals surface area contributed by atoms with Gasteiger partial charge in [-0.3, -0.25) is 4.79 Å². The Morgan fingerprint density at radius 2 is 2.10 bits per heavy atom. The number of nitrogens with two attached hydrogens (primary N) is 1. The summed E-state index contributed by atoms with van der Waals surface area (Å²) in [6.07, 6.45) is 0. The van der Waals surface area contributed by atoms with Crippen LogP contribution in [0.3, 0.4) is 0 Å². The third kappa shape index (κ3) is 4.39. The molecule has 0 saturated carbocycles. The minimum absolute atomic E-state index is 0.00235. The second-order valence-corrected chi connectivity index (χ2v) is 5.98. The molecule has 4 N–H and O–H groups in total. The van der Waals surface area contributed by atoms with Crippen LogP contribution in [-0.2, 0) is 10.0 Å². The quantitative estimate of drug-likeness (QED) is 0.611. The smallest absolute Gasteiger partial charge is 0.255 e. The van der Waals surface area contributed by atoms with E-state index < -0.39 is 15.9 Å². The molecule has 0 saturated heterocycles. The maximum absolute atomic E-state index is 12.0. The number of carbonyl (C=O) groups excluding carboxylic acids is 1. The monoisotopic (exact) mass is 301 g/mol. The first-order chi connectivity index (χ1) is 9.41. The van der Waals surface area contributed by atoms with E-state index >= 15 is 0 Å². The average Bonchev–Trinajstić information content (AvgIpc) is 2.41. The molecule has 0 aliphatic heterocycles. The van der Waals surface area contributed by atoms with Crippen LogP contribution in [0.25, 0.3) is 0 Å². The first-order valence-electron chi connectivity index (χ1n) is 6.12. The van der Waals surface area contributed by atoms with E-state index in [4.69, 9.17) is 10.5 Å². The van der Waals surface area contributed by atoms with Crippen molar-refractivity contribution in [3.8, 4) is 5.75 Å². The molecule has 112 valence electrons. The summed E-state index contributed by atoms with van der Waals surface area (Å²) in [4.78, 5) is 12.0. The molecule has 0 aliphatic carbocycles. The van der Waals surface area contributed by atoms with Gasteiger partial charge in [0.15, 0.2) is 5.75 Å². The van der Waals surface area contributed by atoms with Crippen molar-refractivity contribution in [2.24, 2.45) is 0 Å². The number of nitrogens with one attached hydrogen (secondary N) is 2. The van der Waals surface area contributed by atoms with Crippen LogP contribution >= 0.6 is 0 Å². The summed E-state index contributed by atoms with van der Waals surface area (Å²) in [6, 6.07) is 4.84. The average molecular weight is 301 g/mol. The first-order valence-corrected chi connectivity index (χ1v) is 7.77. The fourth-order valence-electron chi connectivity index (χ4n) is 1.54. The van der Waals surface area contributed by atoms with Crippen molar-refractivity contribution in [2.75, 3.05) is 31.7 Å². The number of nitrogen functional groups attached to an aromatic ring is 1. The summed E-state index contributed by atoms with van der Waals surface area (Å²) in [7, 11) is -2.02. The van der Waals surface area contributed by atoms with Gasteiger partial charge in [0, 0.05) is 6.54 Å². The Morgan fingerprint density at radius 3 is 2.70 bits per heavy atom. The van der Waals surface area contributed by atoms with Gasteiger partial charge in [0.25, 0.3) is 5.91 Å². The summed E-state index contributed by atoms with van der Waals surface area (Å²) < 4.78 is 30.0. The molecule has 0 radical (unpaired) electrons. The lowest BCUT2D eigenvalue weighted by Gasteiger charge is -2.12. The van der Waals surface area contributed by atoms with Gasteiger partial charge >= 0.3 is 0 Å². The van der Waals surface area contributed by atoms with Crippen LogP contribution in [-0.4, -0.2) is 40.3 Å². The van der Waals surface area contributed by atoms with Crippen molar-refractivity contribution in [2.45, 2.75) is 6.92 Å². The van der Waals surface area contributed by atoms with E-state index in [1.807, 2.05) is 0 Å². The van der Waals surface area contributed by atoms with Crippen LogP contribution in [0.1, 0.15) is 17.3 Å². The summed E-state index contributed by atoms with van der Waals surface area (Å²) in [5.41, 5.74) is 6.40. The van der Waals surface area contributed by atoms with Crippen molar-refractivity contribution in [3.63, 3.8) is 0 Å². The van der Waals surface area contributed by atoms with E-state index in [2.05, 4.69) is 10.0 Å². The van der Waals surface area contributed by atoms with E-state index in [1.165, 1.54) is 7.05 Å². The fraction of sp³-hybridized carbons (Fsp3) is 0.417. The maximum atomic E-state index is 12.0. The number of sulfonamides is 1. The predicted octanol–water partition coefficient (Wildman–Crippen LogP) is -0.0535. The molecule has 0 atom stereocenters. The summed E-state index contributed by atoms with van der Waals surface area (Å²) in [5.74, 6) is -0.308. The minimum atomic E-state index is -3.35. The second-order valence-electron chi connectivity index (χ2n) is 3.94. The van der Waals surface area contributed by atoms with Crippen LogP contribution < -0.4 is 20.5 Å². The molecule has 1 rings (SSSR count). The Bertz CT molecular complexity index is 572. The van der Waals surface area contributed by atoms with E-state index in [9.17, 15) is 13.2 Å². The molecule has 20 heavy (non-hydrogen) atoms. The highest BCUT2D eigenvalue weighted by Gasteiger charge is 2.15. The molecule has 0 bridgehead atoms. The molecule has 0 fully saturated rings. The fourth-order valence-corrected chi connectivity index (χ4v) is 2.11. The largest absolute Gasteiger partial charge is 0.491 e. The van der Waals surface area contributed by atoms with Crippen LogP contribution in [0.15, 0.2) is 18.2 Å². The number of hydrogen-bond donors (Lipinski definition) is 3. The lowest BCUT2D eigenvalue weighted by molar-refractivity contribution is 0.0952. The maximum Gasteiger partial charge on any atom is 0.255 e. The lowest BCUT2D eigenvalue weighted by atomic mass is 10.1. The molecule has 0 heterocycles. The van der Waals surface area contributed by atoms with Crippen molar-refractivity contribution in [3.05, 3.63) is 23.8 Å². The van der Waals surface area contributed by atoms with Gasteiger partial charge in [-0.05, 0) is 26.1 Å². The van der Waals surface area contributed by atoms with Gasteiger partial charge < -0.3 is 15.8 Å². The highest BCUT2D eigenvalue weighted by atomic mass is 32.2. The third-order valence-electron chi connectivity index (χ3n) is 2.55. The number of para-hydroxylation sites is 1. The van der Waals surface area contributed by atoms with Crippen molar-refractivity contribution < 1.29 is 17.9 Å². The predicted molar refractivity (Wildman–Crippen MR) is 77.2 cm³/mol. The summed E-state index contributed by atoms with van der Waals surface area (Å²) in [5, 5.41) is 2.52. The minimum Gasteiger partial charge on any atom is -0.491 e. The van der Waals surface area contributed by atoms with Gasteiger partial charge in [-0.2, -0.15) is 0 Å². The molecule has 8 heteroatoms. The Kier molecular flexibility index (Phi) is 5.78. The van der Waals surface area contributed by atoms with Crippen molar-refractivity contribution in [1.82, 2.24) is 10.0 Å². The number of hydrogen-bond acceptors (Lipinski definition) is 5. The first kappa shape index (κ1) is 16.3. The Hall–Kier alpha value is -1.80. The highest BCUT2D eigenvalue weighted by Crippen LogP contribution is 2.26. The number of carbonyl (C=O) groups is 1. The molecule has 0 unspecified atom stereocenters. The zero-order valence-electron chi connectivity index (χ0n) is 11.5. The summed E-state index contributed by atoms with van der Waals surface area (Å²) >= 11 is 0. The Balaban J connectivity index is 2.75. The van der Waals surface area contributed by atoms with Crippen molar-refractivity contribution in [1.29, 1.82) is 0 Å². The van der Waals surface area contributed by atoms with E-state index in [0.717, 1.165) is 0 Å². The van der Waals surface area contributed by atoms with Crippen LogP contribution in [0.5, 0.6) is 5.75 Å². The van der Waals surface area contributed by atoms with Crippen molar-refractivity contribution >= 4 is 21.6 Å². The molecule has 1 aromatic carbocycles. The molecule has 1 aromatic rings. The standard InChI is InChI=1S/C12H19N3O4S/c1-3-19-11-9(5-4-6-10(11)13)12(16)15-7-8-20(17,18)14-2/h4-6,14H,3,7-8,13H2,1-2H3,(H,15,16). The van der Waals surface area contributed by atoms with Crippen LogP contribution in [0.2, 0.25) is 0 Å². The summed E-state index contributed by atoms with van der Waals surface area (Å²) in [6.45, 7) is 2.17. The molecular formula is C12H19N3O4S. The lowest BCUT2D eigenvalue weighted by Crippen LogP contribution is -2.33. The zero-order chi connectivity index (χ0) is 15.2. The number of rotatable bonds is 7. The van der Waals surface area contributed by atoms with Gasteiger partial charge in [0.05, 0.1) is 23.6 Å². The van der Waals surface area contributed by atoms with Gasteiger partial charge in [-0.1, -0.05) is 6.07 Å². The molecule has 7 nitrogen and oxygen atoms in total. The molecule has 0 aromatic heterocycles. The molecule has 0 spiro atoms. The normalized spacial score (nSPS) is 11.1. The molecule has 1 amide bonds. The van der Waals surface area contributed by atoms with E-state index in [0.29, 0.717) is 18.0 Å². The Morgan fingerprint density at radius 1 is 1.40 bits per heavy atom. The van der Waals surface area contributed by atoms with E-state index in [1.54, 1.807) is 25.1 Å². The van der Waals surface area contributed by atoms with Gasteiger partial charge in [-0.15, -0.1) is 0 Å². The van der Waals surface area contributed by atoms with Crippen LogP contribution in [0, 0.1) is 0 Å². The third-order valence-corrected chi connectivity index (χ3v) is 3.91. The molecular weight excluding hydrogens is 282 g/mol. The van der Waals surface area contributed by atoms with Gasteiger partial charge in [0.1, 0.15) is 0 Å². The van der Waals surface area contributed by atoms with Crippen LogP contribution in [0.4, 0.5) is 5.69 Å². The zero-order valence-corrected chi connectivity index (χ0v) is 12.3. The highest BCUT2D eigenvalue weighted by molar-refractivity contribution is 7.89. The number of ether oxygens (including phenoxy) is 1. The van der Waals surface area contributed by atoms with Gasteiger partial charge in [-0.25, -0.2) is 13.1 Å². The number of benzene rings is 1. The molecule has 0 aliphatic rings. The van der Waals surface area contributed by atoms with Gasteiger partial charge in [0.2, 0.25) is 10.0 Å².